The summed E-state index contributed by atoms with van der Waals surface area (Å²) in [6, 6.07) is 17.2. The number of Topliss-reactive ketones (excluding diaryl/α,β-unsaturated/α-hetero) is 1. The van der Waals surface area contributed by atoms with Crippen molar-refractivity contribution in [2.45, 2.75) is 6.04 Å². The zero-order valence-electron chi connectivity index (χ0n) is 21.7. The van der Waals surface area contributed by atoms with Crippen LogP contribution in [-0.2, 0) is 4.79 Å². The first-order valence-corrected chi connectivity index (χ1v) is 12.8. The van der Waals surface area contributed by atoms with Gasteiger partial charge in [-0.15, -0.1) is 0 Å². The highest BCUT2D eigenvalue weighted by atomic mass is 16.5. The molecule has 0 spiro atoms. The number of piperazine rings is 1. The summed E-state index contributed by atoms with van der Waals surface area (Å²) in [6.45, 7) is 3.80. The summed E-state index contributed by atoms with van der Waals surface area (Å²) in [7, 11) is 3.63. The fourth-order valence-corrected chi connectivity index (χ4v) is 5.30. The van der Waals surface area contributed by atoms with E-state index in [9.17, 15) is 14.7 Å². The van der Waals surface area contributed by atoms with Gasteiger partial charge in [-0.1, -0.05) is 12.1 Å². The Labute approximate surface area is 225 Å². The van der Waals surface area contributed by atoms with Crippen molar-refractivity contribution in [3.63, 3.8) is 0 Å². The molecular weight excluding hydrogens is 496 g/mol. The maximum atomic E-state index is 13.9. The van der Waals surface area contributed by atoms with Crippen molar-refractivity contribution < 1.29 is 23.8 Å². The van der Waals surface area contributed by atoms with E-state index in [-0.39, 0.29) is 11.3 Å². The second-order valence-electron chi connectivity index (χ2n) is 9.75. The minimum atomic E-state index is -0.863. The lowest BCUT2D eigenvalue weighted by molar-refractivity contribution is -0.117. The third kappa shape index (κ3) is 4.30. The number of rotatable bonds is 6. The largest absolute Gasteiger partial charge is 0.503 e. The van der Waals surface area contributed by atoms with E-state index in [2.05, 4.69) is 21.8 Å². The minimum absolute atomic E-state index is 0.00942. The summed E-state index contributed by atoms with van der Waals surface area (Å²) in [4.78, 5) is 37.5. The molecule has 1 atom stereocenters. The van der Waals surface area contributed by atoms with Crippen LogP contribution in [0, 0.1) is 0 Å². The third-order valence-electron chi connectivity index (χ3n) is 7.42. The van der Waals surface area contributed by atoms with Crippen LogP contribution in [0.4, 0.5) is 11.4 Å². The summed E-state index contributed by atoms with van der Waals surface area (Å²) >= 11 is 0. The van der Waals surface area contributed by atoms with E-state index in [1.807, 2.05) is 24.3 Å². The Kier molecular flexibility index (Phi) is 6.28. The molecule has 1 amide bonds. The van der Waals surface area contributed by atoms with Crippen molar-refractivity contribution >= 4 is 34.0 Å². The Morgan fingerprint density at radius 2 is 1.69 bits per heavy atom. The number of furan rings is 1. The number of amides is 1. The number of methoxy groups -OCH3 is 1. The number of hydrogen-bond acceptors (Lipinski definition) is 8. The van der Waals surface area contributed by atoms with Crippen molar-refractivity contribution in [3.05, 3.63) is 95.7 Å². The average molecular weight is 525 g/mol. The van der Waals surface area contributed by atoms with Crippen LogP contribution in [0.3, 0.4) is 0 Å². The Balaban J connectivity index is 1.38. The number of ketones is 1. The number of hydrogen-bond donors (Lipinski definition) is 1. The first kappa shape index (κ1) is 24.7. The molecule has 1 unspecified atom stereocenters. The number of nitrogens with zero attached hydrogens (tertiary/aromatic N) is 4. The maximum Gasteiger partial charge on any atom is 0.294 e. The standard InChI is InChI=1S/C30H28N4O5/c1-32-14-16-33(17-15-32)21-6-8-22(9-7-21)34-26(19-10-12-31-13-11-19)25(28(36)30(34)37)27(35)24-18-20-4-3-5-23(38-2)29(20)39-24/h3-13,18,26,36H,14-17H2,1-2H3. The van der Waals surface area contributed by atoms with Gasteiger partial charge < -0.3 is 24.1 Å². The number of ether oxygens (including phenoxy) is 1. The predicted octanol–water partition coefficient (Wildman–Crippen LogP) is 4.37. The van der Waals surface area contributed by atoms with Crippen LogP contribution in [0.25, 0.3) is 11.0 Å². The highest BCUT2D eigenvalue weighted by Gasteiger charge is 2.45. The zero-order valence-corrected chi connectivity index (χ0v) is 21.7. The van der Waals surface area contributed by atoms with E-state index in [0.29, 0.717) is 28.0 Å². The van der Waals surface area contributed by atoms with Crippen LogP contribution in [0.5, 0.6) is 5.75 Å². The van der Waals surface area contributed by atoms with Crippen LogP contribution in [0.15, 0.2) is 88.8 Å². The van der Waals surface area contributed by atoms with Crippen molar-refractivity contribution in [2.75, 3.05) is 50.1 Å². The molecule has 2 aliphatic rings. The molecule has 9 heteroatoms. The van der Waals surface area contributed by atoms with Gasteiger partial charge in [0.1, 0.15) is 0 Å². The van der Waals surface area contributed by atoms with E-state index in [0.717, 1.165) is 31.9 Å². The van der Waals surface area contributed by atoms with Crippen molar-refractivity contribution in [3.8, 4) is 5.75 Å². The second kappa shape index (κ2) is 9.92. The monoisotopic (exact) mass is 524 g/mol. The first-order valence-electron chi connectivity index (χ1n) is 12.8. The fourth-order valence-electron chi connectivity index (χ4n) is 5.30. The van der Waals surface area contributed by atoms with E-state index in [4.69, 9.17) is 9.15 Å². The molecular formula is C30H28N4O5. The molecule has 1 saturated heterocycles. The van der Waals surface area contributed by atoms with E-state index < -0.39 is 23.5 Å². The Bertz CT molecular complexity index is 1570. The number of aliphatic hydroxyl groups is 1. The Morgan fingerprint density at radius 3 is 2.38 bits per heavy atom. The van der Waals surface area contributed by atoms with Gasteiger partial charge in [0, 0.05) is 55.3 Å². The van der Waals surface area contributed by atoms with Crippen LogP contribution in [0.1, 0.15) is 22.2 Å². The highest BCUT2D eigenvalue weighted by Crippen LogP contribution is 2.43. The van der Waals surface area contributed by atoms with Crippen molar-refractivity contribution in [1.82, 2.24) is 9.88 Å². The maximum absolute atomic E-state index is 13.9. The van der Waals surface area contributed by atoms with Gasteiger partial charge in [-0.05, 0) is 61.1 Å². The molecule has 39 heavy (non-hydrogen) atoms. The fraction of sp³-hybridized carbons (Fsp3) is 0.233. The molecule has 198 valence electrons. The van der Waals surface area contributed by atoms with Gasteiger partial charge in [0.2, 0.25) is 5.78 Å². The average Bonchev–Trinajstić information content (AvgIpc) is 3.53. The van der Waals surface area contributed by atoms with Gasteiger partial charge in [0.05, 0.1) is 18.7 Å². The smallest absolute Gasteiger partial charge is 0.294 e. The van der Waals surface area contributed by atoms with Gasteiger partial charge in [-0.3, -0.25) is 19.5 Å². The summed E-state index contributed by atoms with van der Waals surface area (Å²) < 4.78 is 11.3. The lowest BCUT2D eigenvalue weighted by atomic mass is 9.95. The summed E-state index contributed by atoms with van der Waals surface area (Å²) in [6.07, 6.45) is 3.19. The van der Waals surface area contributed by atoms with E-state index >= 15 is 0 Å². The summed E-state index contributed by atoms with van der Waals surface area (Å²) in [5, 5.41) is 11.8. The Hall–Kier alpha value is -4.63. The molecule has 4 heterocycles. The third-order valence-corrected chi connectivity index (χ3v) is 7.42. The van der Waals surface area contributed by atoms with Crippen LogP contribution >= 0.6 is 0 Å². The molecule has 2 aliphatic heterocycles. The topological polar surface area (TPSA) is 99.3 Å². The van der Waals surface area contributed by atoms with Crippen LogP contribution < -0.4 is 14.5 Å². The number of carbonyl (C=O) groups excluding carboxylic acids is 2. The van der Waals surface area contributed by atoms with E-state index in [1.165, 1.54) is 12.0 Å². The first-order chi connectivity index (χ1) is 19.0. The summed E-state index contributed by atoms with van der Waals surface area (Å²) in [5.41, 5.74) is 2.64. The van der Waals surface area contributed by atoms with Crippen LogP contribution in [0.2, 0.25) is 0 Å². The molecule has 0 saturated carbocycles. The molecule has 2 aromatic carbocycles. The molecule has 0 aliphatic carbocycles. The number of anilines is 2. The SMILES string of the molecule is COc1cccc2cc(C(=O)C3=C(O)C(=O)N(c4ccc(N5CCN(C)CC5)cc4)C3c3ccncc3)oc12. The number of pyridine rings is 1. The van der Waals surface area contributed by atoms with Gasteiger partial charge in [-0.2, -0.15) is 0 Å². The molecule has 1 N–H and O–H groups in total. The normalized spacial score (nSPS) is 18.3. The molecule has 0 bridgehead atoms. The minimum Gasteiger partial charge on any atom is -0.503 e. The zero-order chi connectivity index (χ0) is 27.1. The number of carbonyl (C=O) groups is 2. The number of likely N-dealkylation sites (N-methyl/N-ethyl adjacent to an activating group) is 1. The van der Waals surface area contributed by atoms with E-state index in [1.54, 1.807) is 48.8 Å². The molecule has 0 radical (unpaired) electrons. The molecule has 2 aromatic heterocycles. The number of fused-ring (bicyclic) bond motifs is 1. The lowest BCUT2D eigenvalue weighted by Crippen LogP contribution is -2.44. The number of para-hydroxylation sites is 1. The lowest BCUT2D eigenvalue weighted by Gasteiger charge is -2.34. The van der Waals surface area contributed by atoms with Gasteiger partial charge in [0.25, 0.3) is 5.91 Å². The van der Waals surface area contributed by atoms with Gasteiger partial charge >= 0.3 is 0 Å². The summed E-state index contributed by atoms with van der Waals surface area (Å²) in [5.74, 6) is -1.33. The van der Waals surface area contributed by atoms with Crippen LogP contribution in [-0.4, -0.2) is 67.0 Å². The number of aromatic nitrogens is 1. The molecule has 6 rings (SSSR count). The van der Waals surface area contributed by atoms with Crippen molar-refractivity contribution in [2.24, 2.45) is 0 Å². The van der Waals surface area contributed by atoms with Crippen molar-refractivity contribution in [1.29, 1.82) is 0 Å². The molecule has 1 fully saturated rings. The predicted molar refractivity (Wildman–Crippen MR) is 147 cm³/mol. The number of aliphatic hydroxyl groups excluding tert-OH is 1. The molecule has 4 aromatic rings. The van der Waals surface area contributed by atoms with Gasteiger partial charge in [-0.25, -0.2) is 0 Å². The molecule has 9 nitrogen and oxygen atoms in total. The second-order valence-corrected chi connectivity index (χ2v) is 9.75. The number of benzene rings is 2. The van der Waals surface area contributed by atoms with Gasteiger partial charge in [0.15, 0.2) is 22.9 Å². The Morgan fingerprint density at radius 1 is 1.00 bits per heavy atom. The highest BCUT2D eigenvalue weighted by molar-refractivity contribution is 6.20. The quantitative estimate of drug-likeness (QED) is 0.371.